The van der Waals surface area contributed by atoms with E-state index in [-0.39, 0.29) is 5.75 Å². The molecule has 5 heteroatoms. The fraction of sp³-hybridized carbons (Fsp3) is 1.00. The molecule has 13 heavy (non-hydrogen) atoms. The van der Waals surface area contributed by atoms with Crippen LogP contribution in [-0.4, -0.2) is 57.2 Å². The Morgan fingerprint density at radius 1 is 1.31 bits per heavy atom. The van der Waals surface area contributed by atoms with Crippen molar-refractivity contribution < 1.29 is 13.5 Å². The van der Waals surface area contributed by atoms with Gasteiger partial charge in [0, 0.05) is 6.26 Å². The van der Waals surface area contributed by atoms with E-state index in [1.54, 1.807) is 0 Å². The van der Waals surface area contributed by atoms with Crippen LogP contribution in [0.25, 0.3) is 0 Å². The van der Waals surface area contributed by atoms with Gasteiger partial charge in [0.05, 0.1) is 11.9 Å². The number of aliphatic hydroxyl groups excluding tert-OH is 1. The Balaban J connectivity index is 3.58. The van der Waals surface area contributed by atoms with Crippen LogP contribution < -0.4 is 0 Å². The number of hydrogen-bond donors (Lipinski definition) is 1. The van der Waals surface area contributed by atoms with E-state index in [9.17, 15) is 13.5 Å². The van der Waals surface area contributed by atoms with Crippen molar-refractivity contribution in [2.45, 2.75) is 18.9 Å². The van der Waals surface area contributed by atoms with Crippen LogP contribution in [0.1, 0.15) is 12.8 Å². The lowest BCUT2D eigenvalue weighted by atomic mass is 10.2. The highest BCUT2D eigenvalue weighted by Gasteiger charge is 2.09. The highest BCUT2D eigenvalue weighted by Crippen LogP contribution is 2.00. The first kappa shape index (κ1) is 12.9. The summed E-state index contributed by atoms with van der Waals surface area (Å²) in [5, 5.41) is 9.37. The van der Waals surface area contributed by atoms with Gasteiger partial charge in [-0.25, -0.2) is 8.42 Å². The first-order valence-electron chi connectivity index (χ1n) is 4.32. The Morgan fingerprint density at radius 2 is 1.85 bits per heavy atom. The fourth-order valence-corrected chi connectivity index (χ4v) is 1.60. The SMILES string of the molecule is CN(C)CCC(O)CCS(C)(=O)=O. The zero-order valence-corrected chi connectivity index (χ0v) is 9.34. The minimum absolute atomic E-state index is 0.0710. The highest BCUT2D eigenvalue weighted by atomic mass is 32.2. The summed E-state index contributed by atoms with van der Waals surface area (Å²) in [6.45, 7) is 0.783. The number of aliphatic hydroxyl groups is 1. The predicted molar refractivity (Wildman–Crippen MR) is 53.5 cm³/mol. The van der Waals surface area contributed by atoms with Gasteiger partial charge in [-0.15, -0.1) is 0 Å². The molecular formula is C8H19NO3S. The fourth-order valence-electron chi connectivity index (χ4n) is 0.902. The molecule has 0 aromatic heterocycles. The lowest BCUT2D eigenvalue weighted by molar-refractivity contribution is 0.149. The third kappa shape index (κ3) is 9.79. The van der Waals surface area contributed by atoms with Gasteiger partial charge in [-0.3, -0.25) is 0 Å². The molecule has 0 aliphatic heterocycles. The lowest BCUT2D eigenvalue weighted by Crippen LogP contribution is -2.21. The zero-order chi connectivity index (χ0) is 10.5. The molecule has 1 atom stereocenters. The molecule has 0 aliphatic rings. The molecule has 0 saturated heterocycles. The smallest absolute Gasteiger partial charge is 0.147 e. The van der Waals surface area contributed by atoms with Crippen molar-refractivity contribution >= 4 is 9.84 Å². The second-order valence-corrected chi connectivity index (χ2v) is 5.92. The van der Waals surface area contributed by atoms with Crippen LogP contribution in [0.4, 0.5) is 0 Å². The van der Waals surface area contributed by atoms with E-state index in [1.165, 1.54) is 6.26 Å². The van der Waals surface area contributed by atoms with E-state index in [0.29, 0.717) is 12.8 Å². The molecule has 0 heterocycles. The number of hydrogen-bond acceptors (Lipinski definition) is 4. The molecule has 0 spiro atoms. The number of sulfone groups is 1. The van der Waals surface area contributed by atoms with Crippen molar-refractivity contribution in [1.82, 2.24) is 4.90 Å². The summed E-state index contributed by atoms with van der Waals surface area (Å²) in [4.78, 5) is 1.96. The van der Waals surface area contributed by atoms with Crippen LogP contribution in [0.5, 0.6) is 0 Å². The Labute approximate surface area is 80.5 Å². The van der Waals surface area contributed by atoms with Gasteiger partial charge in [0.2, 0.25) is 0 Å². The normalized spacial score (nSPS) is 14.8. The molecular weight excluding hydrogens is 190 g/mol. The molecule has 1 N–H and O–H groups in total. The standard InChI is InChI=1S/C8H19NO3S/c1-9(2)6-4-8(10)5-7-13(3,11)12/h8,10H,4-7H2,1-3H3. The van der Waals surface area contributed by atoms with Crippen molar-refractivity contribution in [3.05, 3.63) is 0 Å². The van der Waals surface area contributed by atoms with Crippen LogP contribution in [-0.2, 0) is 9.84 Å². The van der Waals surface area contributed by atoms with Crippen LogP contribution in [0.3, 0.4) is 0 Å². The molecule has 0 amide bonds. The molecule has 0 aromatic carbocycles. The Bertz CT molecular complexity index is 224. The topological polar surface area (TPSA) is 57.6 Å². The highest BCUT2D eigenvalue weighted by molar-refractivity contribution is 7.90. The molecule has 4 nitrogen and oxygen atoms in total. The Hall–Kier alpha value is -0.130. The van der Waals surface area contributed by atoms with E-state index >= 15 is 0 Å². The first-order chi connectivity index (χ1) is 5.81. The van der Waals surface area contributed by atoms with Crippen LogP contribution in [0.15, 0.2) is 0 Å². The largest absolute Gasteiger partial charge is 0.393 e. The molecule has 0 bridgehead atoms. The van der Waals surface area contributed by atoms with Gasteiger partial charge in [-0.1, -0.05) is 0 Å². The summed E-state index contributed by atoms with van der Waals surface area (Å²) in [7, 11) is 0.908. The molecule has 0 rings (SSSR count). The number of rotatable bonds is 6. The molecule has 0 radical (unpaired) electrons. The van der Waals surface area contributed by atoms with E-state index in [0.717, 1.165) is 6.54 Å². The van der Waals surface area contributed by atoms with Crippen molar-refractivity contribution in [3.63, 3.8) is 0 Å². The maximum atomic E-state index is 10.8. The minimum atomic E-state index is -2.93. The van der Waals surface area contributed by atoms with Gasteiger partial charge in [0.1, 0.15) is 9.84 Å². The average molecular weight is 209 g/mol. The lowest BCUT2D eigenvalue weighted by Gasteiger charge is -2.13. The molecule has 0 aromatic rings. The van der Waals surface area contributed by atoms with E-state index in [4.69, 9.17) is 0 Å². The van der Waals surface area contributed by atoms with Crippen molar-refractivity contribution in [1.29, 1.82) is 0 Å². The molecule has 80 valence electrons. The number of nitrogens with zero attached hydrogens (tertiary/aromatic N) is 1. The van der Waals surface area contributed by atoms with Gasteiger partial charge >= 0.3 is 0 Å². The monoisotopic (exact) mass is 209 g/mol. The summed E-state index contributed by atoms with van der Waals surface area (Å²) < 4.78 is 21.5. The predicted octanol–water partition coefficient (Wildman–Crippen LogP) is -0.266. The minimum Gasteiger partial charge on any atom is -0.393 e. The summed E-state index contributed by atoms with van der Waals surface area (Å²) in [5.74, 6) is 0.0710. The molecule has 1 unspecified atom stereocenters. The van der Waals surface area contributed by atoms with Gasteiger partial charge in [0.15, 0.2) is 0 Å². The van der Waals surface area contributed by atoms with Gasteiger partial charge in [-0.05, 0) is 33.5 Å². The third-order valence-electron chi connectivity index (χ3n) is 1.73. The summed E-state index contributed by atoms with van der Waals surface area (Å²) >= 11 is 0. The summed E-state index contributed by atoms with van der Waals surface area (Å²) in [5.41, 5.74) is 0. The molecule has 0 aliphatic carbocycles. The zero-order valence-electron chi connectivity index (χ0n) is 8.52. The quantitative estimate of drug-likeness (QED) is 0.654. The Kier molecular flexibility index (Phi) is 5.51. The first-order valence-corrected chi connectivity index (χ1v) is 6.38. The van der Waals surface area contributed by atoms with E-state index in [1.807, 2.05) is 19.0 Å². The maximum Gasteiger partial charge on any atom is 0.147 e. The molecule has 0 fully saturated rings. The maximum absolute atomic E-state index is 10.8. The van der Waals surface area contributed by atoms with E-state index in [2.05, 4.69) is 0 Å². The van der Waals surface area contributed by atoms with Gasteiger partial charge < -0.3 is 10.0 Å². The average Bonchev–Trinajstić information content (AvgIpc) is 1.95. The van der Waals surface area contributed by atoms with E-state index < -0.39 is 15.9 Å². The van der Waals surface area contributed by atoms with Crippen LogP contribution in [0.2, 0.25) is 0 Å². The Morgan fingerprint density at radius 3 is 2.23 bits per heavy atom. The van der Waals surface area contributed by atoms with Crippen molar-refractivity contribution in [2.24, 2.45) is 0 Å². The molecule has 0 saturated carbocycles. The second-order valence-electron chi connectivity index (χ2n) is 3.66. The van der Waals surface area contributed by atoms with Gasteiger partial charge in [0.25, 0.3) is 0 Å². The van der Waals surface area contributed by atoms with Crippen molar-refractivity contribution in [3.8, 4) is 0 Å². The third-order valence-corrected chi connectivity index (χ3v) is 2.71. The summed E-state index contributed by atoms with van der Waals surface area (Å²) in [6.07, 6.45) is 1.65. The summed E-state index contributed by atoms with van der Waals surface area (Å²) in [6, 6.07) is 0. The van der Waals surface area contributed by atoms with Crippen LogP contribution in [0, 0.1) is 0 Å². The van der Waals surface area contributed by atoms with Crippen molar-refractivity contribution in [2.75, 3.05) is 32.6 Å². The van der Waals surface area contributed by atoms with Crippen LogP contribution >= 0.6 is 0 Å². The second kappa shape index (κ2) is 5.57. The van der Waals surface area contributed by atoms with Gasteiger partial charge in [-0.2, -0.15) is 0 Å².